The van der Waals surface area contributed by atoms with Crippen LogP contribution in [0.2, 0.25) is 0 Å². The average Bonchev–Trinajstić information content (AvgIpc) is 3.54. The fourth-order valence-electron chi connectivity index (χ4n) is 4.22. The first kappa shape index (κ1) is 21.3. The van der Waals surface area contributed by atoms with Crippen LogP contribution in [0.4, 0.5) is 0 Å². The maximum atomic E-state index is 13.4. The van der Waals surface area contributed by atoms with E-state index in [9.17, 15) is 23.1 Å². The van der Waals surface area contributed by atoms with Gasteiger partial charge in [0, 0.05) is 18.7 Å². The SMILES string of the molecule is CCOC(=O)c1nn(CC(C)(C)O)c2c1CCN(CC1(S(=O)(=O)C3CC3)CC1)C2=O. The maximum Gasteiger partial charge on any atom is 0.359 e. The van der Waals surface area contributed by atoms with E-state index in [1.807, 2.05) is 0 Å². The van der Waals surface area contributed by atoms with Crippen molar-refractivity contribution in [3.05, 3.63) is 17.0 Å². The van der Waals surface area contributed by atoms with Gasteiger partial charge in [0.15, 0.2) is 15.5 Å². The smallest absolute Gasteiger partial charge is 0.359 e. The van der Waals surface area contributed by atoms with Crippen LogP contribution in [0.15, 0.2) is 0 Å². The first-order chi connectivity index (χ1) is 14.0. The molecule has 0 radical (unpaired) electrons. The minimum absolute atomic E-state index is 0.0276. The lowest BCUT2D eigenvalue weighted by molar-refractivity contribution is 0.0489. The molecule has 2 aliphatic carbocycles. The van der Waals surface area contributed by atoms with Crippen molar-refractivity contribution < 1.29 is 27.9 Å². The summed E-state index contributed by atoms with van der Waals surface area (Å²) in [6.45, 7) is 5.60. The van der Waals surface area contributed by atoms with E-state index in [1.54, 1.807) is 25.7 Å². The number of aliphatic hydroxyl groups is 1. The van der Waals surface area contributed by atoms with Crippen LogP contribution in [0.3, 0.4) is 0 Å². The third-order valence-corrected chi connectivity index (χ3v) is 9.12. The molecule has 1 aromatic heterocycles. The summed E-state index contributed by atoms with van der Waals surface area (Å²) in [5.41, 5.74) is -0.308. The Morgan fingerprint density at radius 2 is 2.00 bits per heavy atom. The molecule has 2 saturated carbocycles. The highest BCUT2D eigenvalue weighted by molar-refractivity contribution is 7.94. The van der Waals surface area contributed by atoms with Crippen LogP contribution in [0.1, 0.15) is 73.0 Å². The molecule has 1 aliphatic heterocycles. The van der Waals surface area contributed by atoms with Crippen molar-refractivity contribution in [1.82, 2.24) is 14.7 Å². The van der Waals surface area contributed by atoms with Gasteiger partial charge in [0.1, 0.15) is 5.69 Å². The van der Waals surface area contributed by atoms with E-state index in [2.05, 4.69) is 5.10 Å². The van der Waals surface area contributed by atoms with E-state index in [-0.39, 0.29) is 42.2 Å². The number of aromatic nitrogens is 2. The van der Waals surface area contributed by atoms with Gasteiger partial charge in [-0.15, -0.1) is 0 Å². The van der Waals surface area contributed by atoms with E-state index >= 15 is 0 Å². The van der Waals surface area contributed by atoms with E-state index in [0.29, 0.717) is 44.2 Å². The number of sulfone groups is 1. The first-order valence-electron chi connectivity index (χ1n) is 10.5. The summed E-state index contributed by atoms with van der Waals surface area (Å²) < 4.78 is 31.4. The highest BCUT2D eigenvalue weighted by Gasteiger charge is 2.60. The Morgan fingerprint density at radius 3 is 2.53 bits per heavy atom. The molecule has 0 aromatic carbocycles. The number of esters is 1. The standard InChI is InChI=1S/C20H29N3O6S/c1-4-29-18(25)15-14-7-10-22(12-20(8-9-20)30(27,28)13-5-6-13)17(24)16(14)23(21-15)11-19(2,3)26/h13,26H,4-12H2,1-3H3. The first-order valence-corrected chi connectivity index (χ1v) is 12.1. The topological polar surface area (TPSA) is 119 Å². The normalized spacial score (nSPS) is 20.8. The van der Waals surface area contributed by atoms with Crippen molar-refractivity contribution in [2.75, 3.05) is 19.7 Å². The van der Waals surface area contributed by atoms with Crippen molar-refractivity contribution in [2.24, 2.45) is 0 Å². The average molecular weight is 440 g/mol. The predicted molar refractivity (Wildman–Crippen MR) is 108 cm³/mol. The highest BCUT2D eigenvalue weighted by Crippen LogP contribution is 2.50. The number of hydrogen-bond donors (Lipinski definition) is 1. The number of rotatable bonds is 8. The van der Waals surface area contributed by atoms with Crippen LogP contribution in [0.25, 0.3) is 0 Å². The van der Waals surface area contributed by atoms with Gasteiger partial charge in [-0.1, -0.05) is 0 Å². The van der Waals surface area contributed by atoms with Crippen LogP contribution in [0, 0.1) is 0 Å². The molecule has 1 amide bonds. The molecule has 10 heteroatoms. The molecular weight excluding hydrogens is 410 g/mol. The summed E-state index contributed by atoms with van der Waals surface area (Å²) in [6, 6.07) is 0. The number of amides is 1. The molecule has 0 unspecified atom stereocenters. The molecule has 0 bridgehead atoms. The lowest BCUT2D eigenvalue weighted by Crippen LogP contribution is -2.47. The summed E-state index contributed by atoms with van der Waals surface area (Å²) in [5, 5.41) is 14.3. The van der Waals surface area contributed by atoms with Gasteiger partial charge in [-0.25, -0.2) is 13.2 Å². The zero-order valence-electron chi connectivity index (χ0n) is 17.7. The van der Waals surface area contributed by atoms with Gasteiger partial charge in [0.25, 0.3) is 5.91 Å². The summed E-state index contributed by atoms with van der Waals surface area (Å²) in [4.78, 5) is 27.3. The van der Waals surface area contributed by atoms with Crippen LogP contribution in [0.5, 0.6) is 0 Å². The minimum atomic E-state index is -3.24. The van der Waals surface area contributed by atoms with Gasteiger partial charge in [-0.3, -0.25) is 9.48 Å². The molecular formula is C20H29N3O6S. The summed E-state index contributed by atoms with van der Waals surface area (Å²) >= 11 is 0. The zero-order chi connectivity index (χ0) is 21.9. The molecule has 3 aliphatic rings. The third kappa shape index (κ3) is 3.64. The minimum Gasteiger partial charge on any atom is -0.461 e. The number of fused-ring (bicyclic) bond motifs is 1. The van der Waals surface area contributed by atoms with Crippen LogP contribution in [-0.2, 0) is 27.5 Å². The summed E-state index contributed by atoms with van der Waals surface area (Å²) in [7, 11) is -3.24. The Morgan fingerprint density at radius 1 is 1.33 bits per heavy atom. The molecule has 0 spiro atoms. The van der Waals surface area contributed by atoms with E-state index in [0.717, 1.165) is 0 Å². The maximum absolute atomic E-state index is 13.4. The summed E-state index contributed by atoms with van der Waals surface area (Å²) in [6.07, 6.45) is 2.98. The predicted octanol–water partition coefficient (Wildman–Crippen LogP) is 0.939. The molecule has 30 heavy (non-hydrogen) atoms. The molecule has 4 rings (SSSR count). The second kappa shape index (κ2) is 7.05. The van der Waals surface area contributed by atoms with Gasteiger partial charge in [-0.2, -0.15) is 5.10 Å². The molecule has 1 N–H and O–H groups in total. The Kier molecular flexibility index (Phi) is 5.00. The van der Waals surface area contributed by atoms with Crippen LogP contribution in [-0.4, -0.2) is 75.4 Å². The third-order valence-electron chi connectivity index (χ3n) is 6.03. The molecule has 2 fully saturated rings. The lowest BCUT2D eigenvalue weighted by Gasteiger charge is -2.31. The fraction of sp³-hybridized carbons (Fsp3) is 0.750. The molecule has 166 valence electrons. The molecule has 0 saturated heterocycles. The monoisotopic (exact) mass is 439 g/mol. The largest absolute Gasteiger partial charge is 0.461 e. The zero-order valence-corrected chi connectivity index (χ0v) is 18.5. The quantitative estimate of drug-likeness (QED) is 0.599. The van der Waals surface area contributed by atoms with Crippen molar-refractivity contribution >= 4 is 21.7 Å². The van der Waals surface area contributed by atoms with Crippen molar-refractivity contribution in [1.29, 1.82) is 0 Å². The Bertz CT molecular complexity index is 983. The van der Waals surface area contributed by atoms with Crippen molar-refractivity contribution in [2.45, 2.75) is 75.0 Å². The number of nitrogens with zero attached hydrogens (tertiary/aromatic N) is 3. The van der Waals surface area contributed by atoms with E-state index in [4.69, 9.17) is 4.74 Å². The molecule has 9 nitrogen and oxygen atoms in total. The Balaban J connectivity index is 1.65. The summed E-state index contributed by atoms with van der Waals surface area (Å²) in [5.74, 6) is -0.944. The highest BCUT2D eigenvalue weighted by atomic mass is 32.2. The van der Waals surface area contributed by atoms with Crippen LogP contribution >= 0.6 is 0 Å². The Labute approximate surface area is 176 Å². The molecule has 0 atom stereocenters. The molecule has 1 aromatic rings. The van der Waals surface area contributed by atoms with E-state index in [1.165, 1.54) is 4.68 Å². The van der Waals surface area contributed by atoms with Gasteiger partial charge in [0.2, 0.25) is 0 Å². The van der Waals surface area contributed by atoms with E-state index < -0.39 is 26.2 Å². The number of hydrogen-bond acceptors (Lipinski definition) is 7. The number of ether oxygens (including phenoxy) is 1. The van der Waals surface area contributed by atoms with Crippen LogP contribution < -0.4 is 0 Å². The number of carbonyl (C=O) groups is 2. The van der Waals surface area contributed by atoms with Gasteiger partial charge in [0.05, 0.1) is 28.7 Å². The number of carbonyl (C=O) groups excluding carboxylic acids is 2. The van der Waals surface area contributed by atoms with Gasteiger partial charge < -0.3 is 14.7 Å². The second-order valence-electron chi connectivity index (χ2n) is 9.27. The molecule has 2 heterocycles. The van der Waals surface area contributed by atoms with Crippen molar-refractivity contribution in [3.8, 4) is 0 Å². The van der Waals surface area contributed by atoms with Gasteiger partial charge in [-0.05, 0) is 52.9 Å². The Hall–Kier alpha value is -1.94. The fourth-order valence-corrected chi connectivity index (χ4v) is 6.69. The lowest BCUT2D eigenvalue weighted by atomic mass is 10.0. The second-order valence-corrected chi connectivity index (χ2v) is 11.9. The van der Waals surface area contributed by atoms with Gasteiger partial charge >= 0.3 is 5.97 Å². The van der Waals surface area contributed by atoms with Crippen molar-refractivity contribution in [3.63, 3.8) is 0 Å².